The lowest BCUT2D eigenvalue weighted by Gasteiger charge is -2.12. The lowest BCUT2D eigenvalue weighted by atomic mass is 10.1. The average molecular weight is 552 g/mol. The maximum atomic E-state index is 12.9. The summed E-state index contributed by atoms with van der Waals surface area (Å²) in [5.41, 5.74) is -0.688. The smallest absolute Gasteiger partial charge is 0.318 e. The Morgan fingerprint density at radius 1 is 0.846 bits per heavy atom. The van der Waals surface area contributed by atoms with Crippen LogP contribution in [0.2, 0.25) is 0 Å². The number of nitro benzene ring substituents is 3. The molecular weight excluding hydrogens is 536 g/mol. The van der Waals surface area contributed by atoms with Crippen LogP contribution in [0.3, 0.4) is 0 Å². The Morgan fingerprint density at radius 3 is 2.21 bits per heavy atom. The Kier molecular flexibility index (Phi) is 7.53. The predicted octanol–water partition coefficient (Wildman–Crippen LogP) is 5.45. The van der Waals surface area contributed by atoms with Gasteiger partial charge >= 0.3 is 5.69 Å². The molecular formula is C24H16N4O10S. The molecule has 39 heavy (non-hydrogen) atoms. The van der Waals surface area contributed by atoms with E-state index >= 15 is 0 Å². The molecule has 1 heterocycles. The van der Waals surface area contributed by atoms with E-state index in [0.29, 0.717) is 17.3 Å². The molecule has 0 saturated carbocycles. The highest BCUT2D eigenvalue weighted by atomic mass is 32.2. The van der Waals surface area contributed by atoms with Gasteiger partial charge in [-0.05, 0) is 41.6 Å². The zero-order valence-corrected chi connectivity index (χ0v) is 20.7. The zero-order valence-electron chi connectivity index (χ0n) is 19.8. The SMILES string of the molecule is COc1cc(/C=C2/SC(=O)N(Cc3ccccc3[N+](=O)[O-])C2=O)ccc1Oc1ccc([N+](=O)[O-])cc1[N+](=O)[O-]. The average Bonchev–Trinajstić information content (AvgIpc) is 3.16. The van der Waals surface area contributed by atoms with Crippen molar-refractivity contribution in [2.45, 2.75) is 6.54 Å². The molecule has 1 aliphatic heterocycles. The maximum absolute atomic E-state index is 12.9. The molecule has 15 heteroatoms. The van der Waals surface area contributed by atoms with E-state index in [1.165, 1.54) is 49.6 Å². The van der Waals surface area contributed by atoms with Crippen LogP contribution >= 0.6 is 11.8 Å². The van der Waals surface area contributed by atoms with Gasteiger partial charge in [-0.25, -0.2) is 0 Å². The van der Waals surface area contributed by atoms with Crippen molar-refractivity contribution in [2.75, 3.05) is 7.11 Å². The highest BCUT2D eigenvalue weighted by Gasteiger charge is 2.36. The number of amides is 2. The third kappa shape index (κ3) is 5.67. The summed E-state index contributed by atoms with van der Waals surface area (Å²) in [6, 6.07) is 13.1. The summed E-state index contributed by atoms with van der Waals surface area (Å²) in [4.78, 5) is 57.9. The molecule has 4 rings (SSSR count). The number of hydrogen-bond donors (Lipinski definition) is 0. The van der Waals surface area contributed by atoms with Gasteiger partial charge in [0.1, 0.15) is 0 Å². The molecule has 3 aromatic carbocycles. The monoisotopic (exact) mass is 552 g/mol. The van der Waals surface area contributed by atoms with E-state index in [1.54, 1.807) is 6.07 Å². The van der Waals surface area contributed by atoms with E-state index in [4.69, 9.17) is 9.47 Å². The number of carbonyl (C=O) groups is 2. The van der Waals surface area contributed by atoms with Crippen molar-refractivity contribution in [3.8, 4) is 17.2 Å². The highest BCUT2D eigenvalue weighted by Crippen LogP contribution is 2.40. The summed E-state index contributed by atoms with van der Waals surface area (Å²) < 4.78 is 10.9. The van der Waals surface area contributed by atoms with E-state index < -0.39 is 37.3 Å². The number of carbonyl (C=O) groups excluding carboxylic acids is 2. The van der Waals surface area contributed by atoms with Gasteiger partial charge in [0.25, 0.3) is 22.5 Å². The fraction of sp³-hybridized carbons (Fsp3) is 0.0833. The maximum Gasteiger partial charge on any atom is 0.318 e. The van der Waals surface area contributed by atoms with Crippen molar-refractivity contribution in [3.05, 3.63) is 107 Å². The van der Waals surface area contributed by atoms with Crippen LogP contribution in [0.4, 0.5) is 21.9 Å². The van der Waals surface area contributed by atoms with Gasteiger partial charge in [0, 0.05) is 17.7 Å². The molecule has 0 atom stereocenters. The minimum absolute atomic E-state index is 0.0519. The Labute approximate surface area is 222 Å². The van der Waals surface area contributed by atoms with Gasteiger partial charge in [0.15, 0.2) is 11.5 Å². The van der Waals surface area contributed by atoms with E-state index in [0.717, 1.165) is 23.1 Å². The number of para-hydroxylation sites is 1. The lowest BCUT2D eigenvalue weighted by Crippen LogP contribution is -2.27. The van der Waals surface area contributed by atoms with Crippen molar-refractivity contribution in [1.82, 2.24) is 4.90 Å². The molecule has 3 aromatic rings. The predicted molar refractivity (Wildman–Crippen MR) is 137 cm³/mol. The van der Waals surface area contributed by atoms with Gasteiger partial charge < -0.3 is 9.47 Å². The third-order valence-corrected chi connectivity index (χ3v) is 6.35. The van der Waals surface area contributed by atoms with Gasteiger partial charge in [0.2, 0.25) is 5.75 Å². The standard InChI is InChI=1S/C24H16N4O10S/c1-37-21-10-14(6-8-20(21)38-19-9-7-16(26(31)32)12-18(19)28(35)36)11-22-23(29)25(24(30)39-22)13-15-4-2-3-5-17(15)27(33)34/h2-12H,13H2,1H3/b22-11+. The number of methoxy groups -OCH3 is 1. The molecule has 0 radical (unpaired) electrons. The largest absolute Gasteiger partial charge is 0.493 e. The quantitative estimate of drug-likeness (QED) is 0.187. The van der Waals surface area contributed by atoms with Gasteiger partial charge in [-0.2, -0.15) is 0 Å². The molecule has 0 unspecified atom stereocenters. The normalized spacial score (nSPS) is 14.0. The van der Waals surface area contributed by atoms with Crippen molar-refractivity contribution in [1.29, 1.82) is 0 Å². The first-order valence-corrected chi connectivity index (χ1v) is 11.7. The second-order valence-electron chi connectivity index (χ2n) is 7.83. The molecule has 0 spiro atoms. The van der Waals surface area contributed by atoms with Crippen LogP contribution in [-0.4, -0.2) is 37.9 Å². The number of thioether (sulfide) groups is 1. The number of nitrogens with zero attached hydrogens (tertiary/aromatic N) is 4. The van der Waals surface area contributed by atoms with Crippen molar-refractivity contribution in [2.24, 2.45) is 0 Å². The van der Waals surface area contributed by atoms with E-state index in [-0.39, 0.29) is 39.9 Å². The van der Waals surface area contributed by atoms with E-state index in [2.05, 4.69) is 0 Å². The first-order valence-electron chi connectivity index (χ1n) is 10.9. The molecule has 0 aromatic heterocycles. The molecule has 2 amide bonds. The van der Waals surface area contributed by atoms with E-state index in [1.807, 2.05) is 0 Å². The fourth-order valence-corrected chi connectivity index (χ4v) is 4.44. The topological polar surface area (TPSA) is 185 Å². The van der Waals surface area contributed by atoms with Crippen LogP contribution in [0.25, 0.3) is 6.08 Å². The number of imide groups is 1. The van der Waals surface area contributed by atoms with Crippen LogP contribution < -0.4 is 9.47 Å². The minimum Gasteiger partial charge on any atom is -0.493 e. The molecule has 0 aliphatic carbocycles. The van der Waals surface area contributed by atoms with Crippen LogP contribution in [0.5, 0.6) is 17.2 Å². The first kappa shape index (κ1) is 26.7. The summed E-state index contributed by atoms with van der Waals surface area (Å²) in [7, 11) is 1.32. The van der Waals surface area contributed by atoms with Crippen LogP contribution in [0, 0.1) is 30.3 Å². The molecule has 1 aliphatic rings. The Balaban J connectivity index is 1.58. The Hall–Kier alpha value is -5.31. The number of ether oxygens (including phenoxy) is 2. The summed E-state index contributed by atoms with van der Waals surface area (Å²) in [6.07, 6.45) is 1.42. The van der Waals surface area contributed by atoms with Gasteiger partial charge in [-0.15, -0.1) is 0 Å². The number of non-ortho nitro benzene ring substituents is 1. The Bertz CT molecular complexity index is 1570. The highest BCUT2D eigenvalue weighted by molar-refractivity contribution is 8.18. The summed E-state index contributed by atoms with van der Waals surface area (Å²) in [5.74, 6) is -0.719. The molecule has 1 fully saturated rings. The number of benzene rings is 3. The second kappa shape index (κ2) is 11.0. The van der Waals surface area contributed by atoms with Crippen LogP contribution in [-0.2, 0) is 11.3 Å². The lowest BCUT2D eigenvalue weighted by molar-refractivity contribution is -0.394. The van der Waals surface area contributed by atoms with Crippen molar-refractivity contribution in [3.63, 3.8) is 0 Å². The van der Waals surface area contributed by atoms with Crippen molar-refractivity contribution < 1.29 is 33.8 Å². The molecule has 0 N–H and O–H groups in total. The number of hydrogen-bond acceptors (Lipinski definition) is 11. The first-order chi connectivity index (χ1) is 18.6. The fourth-order valence-electron chi connectivity index (χ4n) is 3.61. The molecule has 0 bridgehead atoms. The van der Waals surface area contributed by atoms with Crippen LogP contribution in [0.1, 0.15) is 11.1 Å². The third-order valence-electron chi connectivity index (χ3n) is 5.45. The van der Waals surface area contributed by atoms with Crippen molar-refractivity contribution >= 4 is 46.0 Å². The molecule has 14 nitrogen and oxygen atoms in total. The summed E-state index contributed by atoms with van der Waals surface area (Å²) in [6.45, 7) is -0.275. The minimum atomic E-state index is -0.816. The zero-order chi connectivity index (χ0) is 28.3. The molecule has 1 saturated heterocycles. The molecule has 198 valence electrons. The van der Waals surface area contributed by atoms with Crippen LogP contribution in [0.15, 0.2) is 65.6 Å². The number of nitro groups is 3. The van der Waals surface area contributed by atoms with Gasteiger partial charge in [-0.1, -0.05) is 24.3 Å². The summed E-state index contributed by atoms with van der Waals surface area (Å²) >= 11 is 0.666. The number of rotatable bonds is 9. The Morgan fingerprint density at radius 2 is 1.54 bits per heavy atom. The summed E-state index contributed by atoms with van der Waals surface area (Å²) in [5, 5.41) is 33.1. The van der Waals surface area contributed by atoms with Gasteiger partial charge in [0.05, 0.1) is 39.4 Å². The van der Waals surface area contributed by atoms with Gasteiger partial charge in [-0.3, -0.25) is 44.8 Å². The second-order valence-corrected chi connectivity index (χ2v) is 8.83. The van der Waals surface area contributed by atoms with E-state index in [9.17, 15) is 39.9 Å².